The van der Waals surface area contributed by atoms with Gasteiger partial charge in [0.2, 0.25) is 0 Å². The molecule has 0 saturated heterocycles. The Morgan fingerprint density at radius 1 is 1.13 bits per heavy atom. The van der Waals surface area contributed by atoms with Crippen molar-refractivity contribution in [2.45, 2.75) is 27.4 Å². The lowest BCUT2D eigenvalue weighted by atomic mass is 10.1. The molecule has 23 heavy (non-hydrogen) atoms. The number of ether oxygens (including phenoxy) is 2. The molecule has 0 saturated carbocycles. The fourth-order valence-corrected chi connectivity index (χ4v) is 2.73. The zero-order valence-electron chi connectivity index (χ0n) is 13.7. The molecule has 2 rings (SSSR count). The Hall–Kier alpha value is -2.01. The molecule has 1 N–H and O–H groups in total. The summed E-state index contributed by atoms with van der Waals surface area (Å²) >= 11 is 3.44. The summed E-state index contributed by atoms with van der Waals surface area (Å²) in [6.45, 7) is 6.52. The summed E-state index contributed by atoms with van der Waals surface area (Å²) in [5.41, 5.74) is 5.03. The molecule has 2 aromatic rings. The molecule has 0 heterocycles. The fraction of sp³-hybridized carbons (Fsp3) is 0.278. The van der Waals surface area contributed by atoms with Gasteiger partial charge in [0.1, 0.15) is 12.4 Å². The molecule has 0 spiro atoms. The minimum absolute atomic E-state index is 0.349. The van der Waals surface area contributed by atoms with E-state index in [2.05, 4.69) is 45.9 Å². The van der Waals surface area contributed by atoms with Gasteiger partial charge in [-0.25, -0.2) is 4.79 Å². The molecule has 0 unspecified atom stereocenters. The van der Waals surface area contributed by atoms with Crippen molar-refractivity contribution in [2.24, 2.45) is 0 Å². The summed E-state index contributed by atoms with van der Waals surface area (Å²) in [5.74, 6) is 0.845. The van der Waals surface area contributed by atoms with Gasteiger partial charge >= 0.3 is 6.09 Å². The predicted octanol–water partition coefficient (Wildman–Crippen LogP) is 5.13. The lowest BCUT2D eigenvalue weighted by molar-refractivity contribution is 0.187. The van der Waals surface area contributed by atoms with Gasteiger partial charge in [0.05, 0.1) is 12.8 Å². The highest BCUT2D eigenvalue weighted by atomic mass is 79.9. The summed E-state index contributed by atoms with van der Waals surface area (Å²) in [6, 6.07) is 9.82. The molecule has 4 nitrogen and oxygen atoms in total. The number of hydrogen-bond donors (Lipinski definition) is 1. The average Bonchev–Trinajstić information content (AvgIpc) is 2.52. The summed E-state index contributed by atoms with van der Waals surface area (Å²) in [5, 5.41) is 2.71. The standard InChI is InChI=1S/C18H20BrNO3/c1-11-8-13(3)16(9-12(11)2)23-10-14-6-5-7-15(19)17(14)20-18(21)22-4/h5-9H,10H2,1-4H3,(H,20,21). The maximum absolute atomic E-state index is 11.5. The van der Waals surface area contributed by atoms with Crippen LogP contribution < -0.4 is 10.1 Å². The summed E-state index contributed by atoms with van der Waals surface area (Å²) in [6.07, 6.45) is -0.513. The number of para-hydroxylation sites is 1. The first kappa shape index (κ1) is 17.3. The van der Waals surface area contributed by atoms with Gasteiger partial charge in [0.15, 0.2) is 0 Å². The number of nitrogens with one attached hydrogen (secondary N) is 1. The molecule has 0 fully saturated rings. The maximum Gasteiger partial charge on any atom is 0.411 e. The molecule has 122 valence electrons. The number of carbonyl (C=O) groups excluding carboxylic acids is 1. The van der Waals surface area contributed by atoms with Crippen molar-refractivity contribution in [1.82, 2.24) is 0 Å². The van der Waals surface area contributed by atoms with Crippen LogP contribution in [-0.4, -0.2) is 13.2 Å². The van der Waals surface area contributed by atoms with E-state index in [0.29, 0.717) is 12.3 Å². The number of methoxy groups -OCH3 is 1. The minimum Gasteiger partial charge on any atom is -0.489 e. The van der Waals surface area contributed by atoms with Crippen molar-refractivity contribution in [3.63, 3.8) is 0 Å². The van der Waals surface area contributed by atoms with Crippen LogP contribution in [0.25, 0.3) is 0 Å². The maximum atomic E-state index is 11.5. The first-order chi connectivity index (χ1) is 10.9. The number of rotatable bonds is 4. The van der Waals surface area contributed by atoms with Crippen LogP contribution in [0.2, 0.25) is 0 Å². The van der Waals surface area contributed by atoms with Gasteiger partial charge in [-0.1, -0.05) is 18.2 Å². The molecule has 5 heteroatoms. The van der Waals surface area contributed by atoms with Crippen LogP contribution in [0.3, 0.4) is 0 Å². The van der Waals surface area contributed by atoms with E-state index in [1.165, 1.54) is 18.2 Å². The Morgan fingerprint density at radius 2 is 1.83 bits per heavy atom. The van der Waals surface area contributed by atoms with Crippen LogP contribution in [0.1, 0.15) is 22.3 Å². The van der Waals surface area contributed by atoms with Crippen molar-refractivity contribution < 1.29 is 14.3 Å². The van der Waals surface area contributed by atoms with E-state index in [-0.39, 0.29) is 0 Å². The van der Waals surface area contributed by atoms with Crippen LogP contribution in [0.4, 0.5) is 10.5 Å². The Balaban J connectivity index is 2.22. The number of carbonyl (C=O) groups is 1. The lowest BCUT2D eigenvalue weighted by Crippen LogP contribution is -2.14. The first-order valence-corrected chi connectivity index (χ1v) is 8.04. The molecule has 0 bridgehead atoms. The fourth-order valence-electron chi connectivity index (χ4n) is 2.23. The molecule has 0 aliphatic heterocycles. The number of halogens is 1. The van der Waals surface area contributed by atoms with Gasteiger partial charge in [-0.3, -0.25) is 5.32 Å². The largest absolute Gasteiger partial charge is 0.489 e. The topological polar surface area (TPSA) is 47.6 Å². The second kappa shape index (κ2) is 7.51. The van der Waals surface area contributed by atoms with Crippen molar-refractivity contribution in [1.29, 1.82) is 0 Å². The van der Waals surface area contributed by atoms with Gasteiger partial charge < -0.3 is 9.47 Å². The highest BCUT2D eigenvalue weighted by Crippen LogP contribution is 2.29. The number of aryl methyl sites for hydroxylation is 3. The Bertz CT molecular complexity index is 728. The minimum atomic E-state index is -0.513. The van der Waals surface area contributed by atoms with Gasteiger partial charge in [-0.05, 0) is 65.5 Å². The Morgan fingerprint density at radius 3 is 2.52 bits per heavy atom. The third kappa shape index (κ3) is 4.26. The van der Waals surface area contributed by atoms with Gasteiger partial charge in [-0.15, -0.1) is 0 Å². The molecule has 0 atom stereocenters. The molecule has 0 aliphatic carbocycles. The average molecular weight is 378 g/mol. The second-order valence-corrected chi connectivity index (χ2v) is 6.24. The quantitative estimate of drug-likeness (QED) is 0.802. The van der Waals surface area contributed by atoms with Gasteiger partial charge in [0, 0.05) is 10.0 Å². The number of anilines is 1. The first-order valence-electron chi connectivity index (χ1n) is 7.25. The van der Waals surface area contributed by atoms with Crippen LogP contribution in [0, 0.1) is 20.8 Å². The van der Waals surface area contributed by atoms with Crippen molar-refractivity contribution >= 4 is 27.7 Å². The molecule has 1 amide bonds. The monoisotopic (exact) mass is 377 g/mol. The second-order valence-electron chi connectivity index (χ2n) is 5.38. The van der Waals surface area contributed by atoms with E-state index in [0.717, 1.165) is 21.3 Å². The normalized spacial score (nSPS) is 10.3. The lowest BCUT2D eigenvalue weighted by Gasteiger charge is -2.15. The molecule has 0 aromatic heterocycles. The molecule has 0 radical (unpaired) electrons. The van der Waals surface area contributed by atoms with Crippen molar-refractivity contribution in [3.8, 4) is 5.75 Å². The van der Waals surface area contributed by atoms with Gasteiger partial charge in [0.25, 0.3) is 0 Å². The van der Waals surface area contributed by atoms with Crippen LogP contribution >= 0.6 is 15.9 Å². The zero-order valence-corrected chi connectivity index (χ0v) is 15.3. The smallest absolute Gasteiger partial charge is 0.411 e. The summed E-state index contributed by atoms with van der Waals surface area (Å²) in [7, 11) is 1.33. The van der Waals surface area contributed by atoms with E-state index in [4.69, 9.17) is 4.74 Å². The number of amides is 1. The number of hydrogen-bond acceptors (Lipinski definition) is 3. The molecule has 2 aromatic carbocycles. The summed E-state index contributed by atoms with van der Waals surface area (Å²) in [4.78, 5) is 11.5. The van der Waals surface area contributed by atoms with E-state index in [1.54, 1.807) is 0 Å². The highest BCUT2D eigenvalue weighted by molar-refractivity contribution is 9.10. The predicted molar refractivity (Wildman–Crippen MR) is 95.2 cm³/mol. The van der Waals surface area contributed by atoms with E-state index in [1.807, 2.05) is 31.2 Å². The van der Waals surface area contributed by atoms with Crippen LogP contribution in [0.15, 0.2) is 34.8 Å². The third-order valence-electron chi connectivity index (χ3n) is 3.69. The third-order valence-corrected chi connectivity index (χ3v) is 4.35. The molecular weight excluding hydrogens is 358 g/mol. The summed E-state index contributed by atoms with van der Waals surface area (Å²) < 4.78 is 11.4. The van der Waals surface area contributed by atoms with Gasteiger partial charge in [-0.2, -0.15) is 0 Å². The van der Waals surface area contributed by atoms with Crippen molar-refractivity contribution in [3.05, 3.63) is 57.1 Å². The van der Waals surface area contributed by atoms with Crippen LogP contribution in [0.5, 0.6) is 5.75 Å². The van der Waals surface area contributed by atoms with E-state index in [9.17, 15) is 4.79 Å². The van der Waals surface area contributed by atoms with Crippen molar-refractivity contribution in [2.75, 3.05) is 12.4 Å². The molecule has 0 aliphatic rings. The SMILES string of the molecule is COC(=O)Nc1c(Br)cccc1COc1cc(C)c(C)cc1C. The van der Waals surface area contributed by atoms with E-state index >= 15 is 0 Å². The Labute approximate surface area is 144 Å². The number of benzene rings is 2. The van der Waals surface area contributed by atoms with E-state index < -0.39 is 6.09 Å². The molecular formula is C18H20BrNO3. The zero-order chi connectivity index (χ0) is 17.0. The van der Waals surface area contributed by atoms with Crippen LogP contribution in [-0.2, 0) is 11.3 Å². The highest BCUT2D eigenvalue weighted by Gasteiger charge is 2.12. The Kier molecular flexibility index (Phi) is 5.66.